The van der Waals surface area contributed by atoms with E-state index < -0.39 is 0 Å². The van der Waals surface area contributed by atoms with Crippen LogP contribution >= 0.6 is 0 Å². The van der Waals surface area contributed by atoms with Crippen molar-refractivity contribution in [2.75, 3.05) is 13.2 Å². The molecule has 16 heavy (non-hydrogen) atoms. The molecule has 0 amide bonds. The van der Waals surface area contributed by atoms with Crippen LogP contribution in [0.4, 0.5) is 0 Å². The van der Waals surface area contributed by atoms with E-state index in [-0.39, 0.29) is 5.97 Å². The zero-order valence-corrected chi connectivity index (χ0v) is 9.45. The van der Waals surface area contributed by atoms with Gasteiger partial charge in [0.1, 0.15) is 5.69 Å². The Hall–Kier alpha value is -1.36. The summed E-state index contributed by atoms with van der Waals surface area (Å²) in [6, 6.07) is 0. The van der Waals surface area contributed by atoms with Gasteiger partial charge in [0.2, 0.25) is 0 Å². The van der Waals surface area contributed by atoms with E-state index in [1.807, 2.05) is 0 Å². The lowest BCUT2D eigenvalue weighted by molar-refractivity contribution is 0.0518. The molecule has 0 spiro atoms. The molecule has 2 rings (SSSR count). The zero-order valence-electron chi connectivity index (χ0n) is 9.45. The minimum atomic E-state index is -0.330. The number of nitrogens with zero attached hydrogens (tertiary/aromatic N) is 1. The van der Waals surface area contributed by atoms with Crippen molar-refractivity contribution < 1.29 is 9.53 Å². The molecule has 0 radical (unpaired) electrons. The fourth-order valence-electron chi connectivity index (χ4n) is 1.56. The molecular weight excluding hydrogens is 206 g/mol. The van der Waals surface area contributed by atoms with Crippen LogP contribution in [0.2, 0.25) is 0 Å². The lowest BCUT2D eigenvalue weighted by Gasteiger charge is -2.04. The summed E-state index contributed by atoms with van der Waals surface area (Å²) in [5, 5.41) is 9.87. The van der Waals surface area contributed by atoms with E-state index in [4.69, 9.17) is 4.74 Å². The first-order valence-corrected chi connectivity index (χ1v) is 5.71. The third kappa shape index (κ3) is 2.82. The van der Waals surface area contributed by atoms with Gasteiger partial charge >= 0.3 is 5.97 Å². The molecule has 0 bridgehead atoms. The Kier molecular flexibility index (Phi) is 3.56. The van der Waals surface area contributed by atoms with Crippen molar-refractivity contribution in [2.45, 2.75) is 26.3 Å². The van der Waals surface area contributed by atoms with Crippen LogP contribution in [0, 0.1) is 5.92 Å². The maximum atomic E-state index is 11.5. The fraction of sp³-hybridized carbons (Fsp3) is 0.636. The first-order valence-electron chi connectivity index (χ1n) is 5.71. The number of ether oxygens (including phenoxy) is 1. The molecule has 0 saturated heterocycles. The van der Waals surface area contributed by atoms with Crippen molar-refractivity contribution in [1.82, 2.24) is 15.5 Å². The zero-order chi connectivity index (χ0) is 11.4. The Morgan fingerprint density at radius 3 is 3.19 bits per heavy atom. The summed E-state index contributed by atoms with van der Waals surface area (Å²) in [4.78, 5) is 11.5. The number of H-pyrrole nitrogens is 1. The normalized spacial score (nSPS) is 15.1. The average Bonchev–Trinajstić information content (AvgIpc) is 2.96. The fourth-order valence-corrected chi connectivity index (χ4v) is 1.56. The molecule has 88 valence electrons. The molecule has 1 aromatic rings. The number of aromatic amines is 1. The molecule has 5 nitrogen and oxygen atoms in total. The second-order valence-electron chi connectivity index (χ2n) is 4.06. The van der Waals surface area contributed by atoms with Gasteiger partial charge in [-0.15, -0.1) is 0 Å². The minimum absolute atomic E-state index is 0.330. The molecule has 0 aliphatic heterocycles. The van der Waals surface area contributed by atoms with E-state index in [9.17, 15) is 4.79 Å². The van der Waals surface area contributed by atoms with E-state index in [0.717, 1.165) is 18.0 Å². The molecule has 0 aromatic carbocycles. The smallest absolute Gasteiger partial charge is 0.356 e. The molecule has 1 aliphatic rings. The lowest BCUT2D eigenvalue weighted by Crippen LogP contribution is -2.18. The van der Waals surface area contributed by atoms with E-state index >= 15 is 0 Å². The molecule has 0 atom stereocenters. The Bertz CT molecular complexity index is 358. The molecule has 0 unspecified atom stereocenters. The van der Waals surface area contributed by atoms with Gasteiger partial charge in [0.25, 0.3) is 0 Å². The highest BCUT2D eigenvalue weighted by Gasteiger charge is 2.21. The largest absolute Gasteiger partial charge is 0.461 e. The summed E-state index contributed by atoms with van der Waals surface area (Å²) in [7, 11) is 0. The van der Waals surface area contributed by atoms with Gasteiger partial charge in [-0.25, -0.2) is 4.79 Å². The summed E-state index contributed by atoms with van der Waals surface area (Å²) in [5.74, 6) is 0.501. The summed E-state index contributed by atoms with van der Waals surface area (Å²) >= 11 is 0. The topological polar surface area (TPSA) is 67.0 Å². The van der Waals surface area contributed by atoms with Gasteiger partial charge in [-0.2, -0.15) is 5.10 Å². The minimum Gasteiger partial charge on any atom is -0.461 e. The van der Waals surface area contributed by atoms with Crippen LogP contribution in [0.25, 0.3) is 0 Å². The molecule has 1 heterocycles. The van der Waals surface area contributed by atoms with Crippen LogP contribution in [0.15, 0.2) is 6.20 Å². The van der Waals surface area contributed by atoms with Crippen LogP contribution in [0.1, 0.15) is 35.8 Å². The van der Waals surface area contributed by atoms with Gasteiger partial charge in [0.05, 0.1) is 12.8 Å². The Labute approximate surface area is 94.6 Å². The van der Waals surface area contributed by atoms with Crippen molar-refractivity contribution >= 4 is 5.97 Å². The van der Waals surface area contributed by atoms with Gasteiger partial charge in [0.15, 0.2) is 0 Å². The maximum Gasteiger partial charge on any atom is 0.356 e. The third-order valence-electron chi connectivity index (χ3n) is 2.64. The van der Waals surface area contributed by atoms with Crippen molar-refractivity contribution in [1.29, 1.82) is 0 Å². The number of rotatable bonds is 6. The number of hydrogen-bond donors (Lipinski definition) is 2. The Morgan fingerprint density at radius 1 is 1.69 bits per heavy atom. The summed E-state index contributed by atoms with van der Waals surface area (Å²) in [6.07, 6.45) is 4.32. The highest BCUT2D eigenvalue weighted by molar-refractivity contribution is 5.88. The van der Waals surface area contributed by atoms with E-state index in [1.54, 1.807) is 13.1 Å². The first kappa shape index (κ1) is 11.1. The van der Waals surface area contributed by atoms with Crippen molar-refractivity contribution in [3.8, 4) is 0 Å². The van der Waals surface area contributed by atoms with Gasteiger partial charge in [-0.1, -0.05) is 0 Å². The average molecular weight is 223 g/mol. The SMILES string of the molecule is CCOC(=O)c1[nH]ncc1CNCC1CC1. The van der Waals surface area contributed by atoms with E-state index in [2.05, 4.69) is 15.5 Å². The number of carbonyl (C=O) groups is 1. The van der Waals surface area contributed by atoms with Gasteiger partial charge < -0.3 is 10.1 Å². The second-order valence-corrected chi connectivity index (χ2v) is 4.06. The van der Waals surface area contributed by atoms with Crippen LogP contribution < -0.4 is 5.32 Å². The number of aromatic nitrogens is 2. The van der Waals surface area contributed by atoms with Crippen molar-refractivity contribution in [3.63, 3.8) is 0 Å². The first-order chi connectivity index (χ1) is 7.81. The third-order valence-corrected chi connectivity index (χ3v) is 2.64. The summed E-state index contributed by atoms with van der Waals surface area (Å²) in [5.41, 5.74) is 1.34. The predicted molar refractivity (Wildman–Crippen MR) is 59.0 cm³/mol. The monoisotopic (exact) mass is 223 g/mol. The lowest BCUT2D eigenvalue weighted by atomic mass is 10.2. The predicted octanol–water partition coefficient (Wildman–Crippen LogP) is 1.09. The molecular formula is C11H17N3O2. The number of hydrogen-bond acceptors (Lipinski definition) is 4. The van der Waals surface area contributed by atoms with E-state index in [1.165, 1.54) is 12.8 Å². The molecule has 1 aromatic heterocycles. The highest BCUT2D eigenvalue weighted by Crippen LogP contribution is 2.27. The molecule has 1 aliphatic carbocycles. The highest BCUT2D eigenvalue weighted by atomic mass is 16.5. The van der Waals surface area contributed by atoms with Crippen LogP contribution in [0.3, 0.4) is 0 Å². The maximum absolute atomic E-state index is 11.5. The Balaban J connectivity index is 1.86. The van der Waals surface area contributed by atoms with Crippen LogP contribution in [-0.2, 0) is 11.3 Å². The molecule has 2 N–H and O–H groups in total. The van der Waals surface area contributed by atoms with Crippen molar-refractivity contribution in [3.05, 3.63) is 17.5 Å². The van der Waals surface area contributed by atoms with Gasteiger partial charge in [0, 0.05) is 12.1 Å². The molecule has 1 saturated carbocycles. The van der Waals surface area contributed by atoms with Crippen molar-refractivity contribution in [2.24, 2.45) is 5.92 Å². The quantitative estimate of drug-likeness (QED) is 0.708. The van der Waals surface area contributed by atoms with Crippen LogP contribution in [0.5, 0.6) is 0 Å². The van der Waals surface area contributed by atoms with Gasteiger partial charge in [-0.3, -0.25) is 5.10 Å². The Morgan fingerprint density at radius 2 is 2.50 bits per heavy atom. The standard InChI is InChI=1S/C11H17N3O2/c1-2-16-11(15)10-9(7-13-14-10)6-12-5-8-3-4-8/h7-8,12H,2-6H2,1H3,(H,13,14). The number of nitrogens with one attached hydrogen (secondary N) is 2. The van der Waals surface area contributed by atoms with Crippen LogP contribution in [-0.4, -0.2) is 29.3 Å². The summed E-state index contributed by atoms with van der Waals surface area (Å²) < 4.78 is 4.93. The van der Waals surface area contributed by atoms with Gasteiger partial charge in [-0.05, 0) is 32.2 Å². The molecule has 5 heteroatoms. The molecule has 1 fully saturated rings. The number of esters is 1. The summed E-state index contributed by atoms with van der Waals surface area (Å²) in [6.45, 7) is 3.86. The second kappa shape index (κ2) is 5.12. The number of carbonyl (C=O) groups excluding carboxylic acids is 1. The van der Waals surface area contributed by atoms with E-state index in [0.29, 0.717) is 18.8 Å².